The highest BCUT2D eigenvalue weighted by molar-refractivity contribution is 5.96. The Morgan fingerprint density at radius 3 is 2.13 bits per heavy atom. The highest BCUT2D eigenvalue weighted by Crippen LogP contribution is 2.54. The van der Waals surface area contributed by atoms with E-state index in [-0.39, 0.29) is 32.8 Å². The predicted octanol–water partition coefficient (Wildman–Crippen LogP) is 3.56. The molecule has 1 heterocycles. The molecule has 0 saturated carbocycles. The van der Waals surface area contributed by atoms with E-state index in [1.54, 1.807) is 40.0 Å². The van der Waals surface area contributed by atoms with Gasteiger partial charge in [-0.15, -0.1) is 0 Å². The zero-order valence-electron chi connectivity index (χ0n) is 24.3. The third-order valence-corrected chi connectivity index (χ3v) is 7.44. The molecule has 0 aromatic carbocycles. The molecule has 0 aromatic heterocycles. The first-order valence-electron chi connectivity index (χ1n) is 13.6. The summed E-state index contributed by atoms with van der Waals surface area (Å²) in [6.07, 6.45) is 6.35. The fourth-order valence-electron chi connectivity index (χ4n) is 4.25. The standard InChI is InChI=1S/C28H48N2O8/c1-8-10-11-12-15-36-25(34)28(7,26(3,4)23(32)37-17-16-35-9-2)27(5,6)24(33)38-19-22(31)18-21-13-14-29-20-30-21/h13-14,22,29,31H,8-12,15-20H2,1-7H3. The summed E-state index contributed by atoms with van der Waals surface area (Å²) in [6.45, 7) is 12.7. The zero-order chi connectivity index (χ0) is 28.8. The second kappa shape index (κ2) is 15.8. The smallest absolute Gasteiger partial charge is 0.314 e. The third-order valence-electron chi connectivity index (χ3n) is 7.44. The lowest BCUT2D eigenvalue weighted by Crippen LogP contribution is -2.59. The number of hydrogen-bond donors (Lipinski definition) is 2. The molecule has 10 heteroatoms. The van der Waals surface area contributed by atoms with Gasteiger partial charge < -0.3 is 29.4 Å². The molecule has 0 spiro atoms. The maximum atomic E-state index is 13.6. The maximum absolute atomic E-state index is 13.6. The molecular weight excluding hydrogens is 492 g/mol. The molecule has 2 N–H and O–H groups in total. The second-order valence-corrected chi connectivity index (χ2v) is 10.7. The minimum Gasteiger partial charge on any atom is -0.465 e. The van der Waals surface area contributed by atoms with E-state index >= 15 is 0 Å². The first-order valence-corrected chi connectivity index (χ1v) is 13.6. The monoisotopic (exact) mass is 540 g/mol. The van der Waals surface area contributed by atoms with E-state index in [2.05, 4.69) is 17.2 Å². The molecule has 1 aliphatic heterocycles. The summed E-state index contributed by atoms with van der Waals surface area (Å²) in [5, 5.41) is 13.3. The average Bonchev–Trinajstić information content (AvgIpc) is 2.89. The van der Waals surface area contributed by atoms with Crippen molar-refractivity contribution in [3.63, 3.8) is 0 Å². The second-order valence-electron chi connectivity index (χ2n) is 10.7. The van der Waals surface area contributed by atoms with E-state index in [4.69, 9.17) is 18.9 Å². The summed E-state index contributed by atoms with van der Waals surface area (Å²) < 4.78 is 21.8. The van der Waals surface area contributed by atoms with Gasteiger partial charge in [-0.05, 0) is 60.2 Å². The van der Waals surface area contributed by atoms with Crippen molar-refractivity contribution in [2.45, 2.75) is 86.7 Å². The van der Waals surface area contributed by atoms with E-state index in [9.17, 15) is 19.5 Å². The van der Waals surface area contributed by atoms with Gasteiger partial charge in [0.2, 0.25) is 0 Å². The summed E-state index contributed by atoms with van der Waals surface area (Å²) in [5.74, 6) is -2.07. The number of carbonyl (C=O) groups is 3. The number of aliphatic hydroxyl groups excluding tert-OH is 1. The molecule has 10 nitrogen and oxygen atoms in total. The summed E-state index contributed by atoms with van der Waals surface area (Å²) in [4.78, 5) is 44.6. The van der Waals surface area contributed by atoms with E-state index in [0.29, 0.717) is 25.4 Å². The fourth-order valence-corrected chi connectivity index (χ4v) is 4.25. The molecule has 38 heavy (non-hydrogen) atoms. The van der Waals surface area contributed by atoms with Crippen molar-refractivity contribution in [1.29, 1.82) is 0 Å². The summed E-state index contributed by atoms with van der Waals surface area (Å²) >= 11 is 0. The quantitative estimate of drug-likeness (QED) is 0.152. The molecule has 0 radical (unpaired) electrons. The predicted molar refractivity (Wildman–Crippen MR) is 144 cm³/mol. The van der Waals surface area contributed by atoms with Crippen molar-refractivity contribution >= 4 is 23.6 Å². The molecular formula is C28H48N2O8. The molecule has 2 unspecified atom stereocenters. The normalized spacial score (nSPS) is 16.1. The Hall–Kier alpha value is -2.46. The van der Waals surface area contributed by atoms with Crippen LogP contribution in [0.3, 0.4) is 0 Å². The molecule has 0 amide bonds. The fraction of sp³-hybridized carbons (Fsp3) is 0.786. The number of rotatable bonds is 18. The average molecular weight is 541 g/mol. The SMILES string of the molecule is CCCCCCOC(=O)C(C)(C(C)(C)C(=O)OCCOCC)C(C)(C)C(=O)OCC(O)CC1=NCNC=C1. The minimum absolute atomic E-state index is 0.0170. The van der Waals surface area contributed by atoms with Crippen LogP contribution in [0.25, 0.3) is 0 Å². The number of nitrogens with one attached hydrogen (secondary N) is 1. The van der Waals surface area contributed by atoms with Crippen molar-refractivity contribution in [2.75, 3.05) is 39.7 Å². The van der Waals surface area contributed by atoms with Crippen LogP contribution in [0.15, 0.2) is 17.3 Å². The number of aliphatic hydroxyl groups is 1. The summed E-state index contributed by atoms with van der Waals surface area (Å²) in [5.41, 5.74) is -3.95. The van der Waals surface area contributed by atoms with E-state index in [1.807, 2.05) is 6.92 Å². The van der Waals surface area contributed by atoms with Gasteiger partial charge in [0.15, 0.2) is 0 Å². The number of nitrogens with zero attached hydrogens (tertiary/aromatic N) is 1. The Kier molecular flexibility index (Phi) is 14.0. The van der Waals surface area contributed by atoms with Crippen LogP contribution >= 0.6 is 0 Å². The van der Waals surface area contributed by atoms with Crippen LogP contribution in [0.4, 0.5) is 0 Å². The van der Waals surface area contributed by atoms with E-state index in [0.717, 1.165) is 19.3 Å². The third kappa shape index (κ3) is 8.80. The zero-order valence-corrected chi connectivity index (χ0v) is 24.3. The highest BCUT2D eigenvalue weighted by atomic mass is 16.6. The van der Waals surface area contributed by atoms with E-state index < -0.39 is 40.3 Å². The van der Waals surface area contributed by atoms with Gasteiger partial charge in [0, 0.05) is 18.7 Å². The van der Waals surface area contributed by atoms with Gasteiger partial charge >= 0.3 is 17.9 Å². The first kappa shape index (κ1) is 33.6. The van der Waals surface area contributed by atoms with Gasteiger partial charge in [-0.1, -0.05) is 26.2 Å². The lowest BCUT2D eigenvalue weighted by atomic mass is 9.53. The number of ether oxygens (including phenoxy) is 4. The highest BCUT2D eigenvalue weighted by Gasteiger charge is 2.65. The lowest BCUT2D eigenvalue weighted by molar-refractivity contribution is -0.198. The summed E-state index contributed by atoms with van der Waals surface area (Å²) in [6, 6.07) is 0. The Labute approximate surface area is 227 Å². The van der Waals surface area contributed by atoms with Crippen molar-refractivity contribution in [1.82, 2.24) is 5.32 Å². The molecule has 1 rings (SSSR count). The molecule has 218 valence electrons. The number of hydrogen-bond acceptors (Lipinski definition) is 10. The largest absolute Gasteiger partial charge is 0.465 e. The molecule has 0 bridgehead atoms. The Bertz CT molecular complexity index is 837. The van der Waals surface area contributed by atoms with Gasteiger partial charge in [0.1, 0.15) is 19.9 Å². The van der Waals surface area contributed by atoms with Gasteiger partial charge in [-0.25, -0.2) is 0 Å². The number of allylic oxidation sites excluding steroid dienone is 1. The Morgan fingerprint density at radius 1 is 0.921 bits per heavy atom. The van der Waals surface area contributed by atoms with Crippen molar-refractivity contribution in [3.05, 3.63) is 12.3 Å². The van der Waals surface area contributed by atoms with Crippen LogP contribution in [-0.4, -0.2) is 74.5 Å². The number of carbonyl (C=O) groups excluding carboxylic acids is 3. The van der Waals surface area contributed by atoms with Gasteiger partial charge in [-0.2, -0.15) is 0 Å². The molecule has 1 aliphatic rings. The van der Waals surface area contributed by atoms with Crippen LogP contribution in [0.1, 0.15) is 80.6 Å². The maximum Gasteiger partial charge on any atom is 0.314 e. The van der Waals surface area contributed by atoms with Crippen LogP contribution in [0.2, 0.25) is 0 Å². The van der Waals surface area contributed by atoms with Crippen molar-refractivity contribution in [2.24, 2.45) is 21.2 Å². The van der Waals surface area contributed by atoms with Gasteiger partial charge in [0.05, 0.1) is 35.6 Å². The topological polar surface area (TPSA) is 133 Å². The number of unbranched alkanes of at least 4 members (excludes halogenated alkanes) is 3. The van der Waals surface area contributed by atoms with Crippen LogP contribution < -0.4 is 5.32 Å². The van der Waals surface area contributed by atoms with Crippen molar-refractivity contribution < 1.29 is 38.4 Å². The van der Waals surface area contributed by atoms with Gasteiger partial charge in [0.25, 0.3) is 0 Å². The molecule has 0 fully saturated rings. The number of aliphatic imine (C=N–C) groups is 1. The molecule has 0 aromatic rings. The lowest BCUT2D eigenvalue weighted by Gasteiger charge is -2.48. The molecule has 2 atom stereocenters. The molecule has 0 saturated heterocycles. The Morgan fingerprint density at radius 2 is 1.55 bits per heavy atom. The van der Waals surface area contributed by atoms with E-state index in [1.165, 1.54) is 6.92 Å². The summed E-state index contributed by atoms with van der Waals surface area (Å²) in [7, 11) is 0. The molecule has 0 aliphatic carbocycles. The minimum atomic E-state index is -1.66. The van der Waals surface area contributed by atoms with Gasteiger partial charge in [-0.3, -0.25) is 19.4 Å². The number of esters is 3. The van der Waals surface area contributed by atoms with Crippen LogP contribution in [0, 0.1) is 16.2 Å². The first-order chi connectivity index (χ1) is 17.9. The van der Waals surface area contributed by atoms with Crippen molar-refractivity contribution in [3.8, 4) is 0 Å². The Balaban J connectivity index is 3.09. The van der Waals surface area contributed by atoms with Crippen LogP contribution in [0.5, 0.6) is 0 Å². The van der Waals surface area contributed by atoms with Crippen LogP contribution in [-0.2, 0) is 33.3 Å².